The Hall–Kier alpha value is -2.11. The van der Waals surface area contributed by atoms with Crippen LogP contribution in [0.25, 0.3) is 0 Å². The van der Waals surface area contributed by atoms with E-state index in [1.165, 1.54) is 23.1 Å². The van der Waals surface area contributed by atoms with E-state index in [-0.39, 0.29) is 17.3 Å². The molecule has 1 aromatic rings. The van der Waals surface area contributed by atoms with E-state index in [9.17, 15) is 9.18 Å². The third kappa shape index (κ3) is 3.75. The van der Waals surface area contributed by atoms with Crippen molar-refractivity contribution in [3.8, 4) is 0 Å². The fourth-order valence-electron chi connectivity index (χ4n) is 1.29. The van der Waals surface area contributed by atoms with Gasteiger partial charge in [-0.2, -0.15) is 0 Å². The smallest absolute Gasteiger partial charge is 0.280 e. The molecular formula is C11H15FN3O2+. The van der Waals surface area contributed by atoms with Gasteiger partial charge in [0.15, 0.2) is 0 Å². The minimum atomic E-state index is -0.452. The Morgan fingerprint density at radius 1 is 1.59 bits per heavy atom. The van der Waals surface area contributed by atoms with Gasteiger partial charge in [-0.15, -0.1) is 0 Å². The Labute approximate surface area is 98.3 Å². The van der Waals surface area contributed by atoms with Crippen LogP contribution in [0.1, 0.15) is 16.8 Å². The summed E-state index contributed by atoms with van der Waals surface area (Å²) in [6.07, 6.45) is 0.314. The summed E-state index contributed by atoms with van der Waals surface area (Å²) in [4.78, 5) is 13.2. The van der Waals surface area contributed by atoms with E-state index < -0.39 is 5.82 Å². The summed E-state index contributed by atoms with van der Waals surface area (Å²) >= 11 is 0. The molecule has 0 saturated heterocycles. The van der Waals surface area contributed by atoms with Crippen molar-refractivity contribution in [1.29, 1.82) is 0 Å². The fourth-order valence-corrected chi connectivity index (χ4v) is 1.29. The van der Waals surface area contributed by atoms with Gasteiger partial charge in [-0.25, -0.2) is 4.39 Å². The lowest BCUT2D eigenvalue weighted by molar-refractivity contribution is -0.738. The fraction of sp³-hybridized carbons (Fsp3) is 0.273. The van der Waals surface area contributed by atoms with Crippen LogP contribution in [0.3, 0.4) is 0 Å². The van der Waals surface area contributed by atoms with Crippen LogP contribution in [0.4, 0.5) is 4.39 Å². The third-order valence-corrected chi connectivity index (χ3v) is 2.28. The maximum atomic E-state index is 12.9. The number of nitrogens with two attached hydrogens (primary N) is 1. The molecule has 0 aromatic heterocycles. The summed E-state index contributed by atoms with van der Waals surface area (Å²) in [6.45, 7) is 0.328. The highest BCUT2D eigenvalue weighted by atomic mass is 19.1. The van der Waals surface area contributed by atoms with E-state index in [0.717, 1.165) is 0 Å². The number of carbonyl (C=O) groups is 1. The summed E-state index contributed by atoms with van der Waals surface area (Å²) in [5.41, 5.74) is 5.62. The third-order valence-electron chi connectivity index (χ3n) is 2.28. The molecule has 0 saturated carbocycles. The van der Waals surface area contributed by atoms with Crippen LogP contribution >= 0.6 is 0 Å². The highest BCUT2D eigenvalue weighted by Crippen LogP contribution is 2.06. The standard InChI is InChI=1S/C11H14FN3O2/c1-15(6-5-10(13)14-17)11(16)8-3-2-4-9(12)7-8/h2-4,7,17H,5-6H2,1H3,(H2,13,14)/p+1. The first kappa shape index (κ1) is 13.0. The number of amides is 1. The zero-order chi connectivity index (χ0) is 12.8. The van der Waals surface area contributed by atoms with Crippen molar-refractivity contribution in [2.45, 2.75) is 6.42 Å². The maximum Gasteiger partial charge on any atom is 0.280 e. The summed E-state index contributed by atoms with van der Waals surface area (Å²) in [7, 11) is 1.58. The molecule has 0 heterocycles. The first-order valence-electron chi connectivity index (χ1n) is 5.07. The average molecular weight is 240 g/mol. The van der Waals surface area contributed by atoms with Crippen LogP contribution in [0.5, 0.6) is 0 Å². The predicted octanol–water partition coefficient (Wildman–Crippen LogP) is -0.885. The Balaban J connectivity index is 2.64. The van der Waals surface area contributed by atoms with E-state index in [0.29, 0.717) is 13.0 Å². The second-order valence-corrected chi connectivity index (χ2v) is 3.62. The number of hydrogen-bond donors (Lipinski definition) is 3. The molecule has 6 heteroatoms. The molecule has 92 valence electrons. The van der Waals surface area contributed by atoms with Crippen LogP contribution in [-0.4, -0.2) is 35.4 Å². The quantitative estimate of drug-likeness (QED) is 0.276. The van der Waals surface area contributed by atoms with Gasteiger partial charge in [0.2, 0.25) is 0 Å². The molecule has 1 rings (SSSR count). The molecule has 0 aliphatic rings. The van der Waals surface area contributed by atoms with Gasteiger partial charge < -0.3 is 10.1 Å². The summed E-state index contributed by atoms with van der Waals surface area (Å²) in [5, 5.41) is 10.3. The lowest BCUT2D eigenvalue weighted by Gasteiger charge is -2.15. The molecule has 0 spiro atoms. The second kappa shape index (κ2) is 5.83. The molecule has 5 nitrogen and oxygen atoms in total. The van der Waals surface area contributed by atoms with Crippen molar-refractivity contribution in [3.05, 3.63) is 35.6 Å². The molecule has 0 atom stereocenters. The van der Waals surface area contributed by atoms with Gasteiger partial charge in [0, 0.05) is 19.2 Å². The molecule has 0 unspecified atom stereocenters. The van der Waals surface area contributed by atoms with Crippen LogP contribution in [0, 0.1) is 5.82 Å². The van der Waals surface area contributed by atoms with Crippen LogP contribution in [0.15, 0.2) is 24.3 Å². The summed E-state index contributed by atoms with van der Waals surface area (Å²) < 4.78 is 12.9. The van der Waals surface area contributed by atoms with Gasteiger partial charge in [-0.3, -0.25) is 10.5 Å². The van der Waals surface area contributed by atoms with Gasteiger partial charge in [0.05, 0.1) is 6.42 Å². The van der Waals surface area contributed by atoms with E-state index in [1.807, 2.05) is 0 Å². The van der Waals surface area contributed by atoms with Crippen LogP contribution in [-0.2, 0) is 0 Å². The minimum Gasteiger partial charge on any atom is -0.357 e. The van der Waals surface area contributed by atoms with Crippen LogP contribution < -0.4 is 10.9 Å². The van der Waals surface area contributed by atoms with Gasteiger partial charge in [-0.1, -0.05) is 11.2 Å². The van der Waals surface area contributed by atoms with Crippen molar-refractivity contribution in [2.75, 3.05) is 13.6 Å². The van der Waals surface area contributed by atoms with Gasteiger partial charge in [-0.05, 0) is 18.2 Å². The molecule has 0 fully saturated rings. The van der Waals surface area contributed by atoms with E-state index in [2.05, 4.69) is 0 Å². The molecule has 0 aliphatic heterocycles. The number of benzene rings is 1. The van der Waals surface area contributed by atoms with E-state index in [4.69, 9.17) is 10.9 Å². The number of hydrogen-bond acceptors (Lipinski definition) is 2. The monoisotopic (exact) mass is 240 g/mol. The molecule has 4 N–H and O–H groups in total. The van der Waals surface area contributed by atoms with Gasteiger partial charge in [0.1, 0.15) is 5.82 Å². The van der Waals surface area contributed by atoms with Crippen molar-refractivity contribution < 1.29 is 19.5 Å². The molecule has 0 bridgehead atoms. The maximum absolute atomic E-state index is 12.9. The average Bonchev–Trinajstić information content (AvgIpc) is 2.34. The number of amidine groups is 1. The number of halogens is 1. The highest BCUT2D eigenvalue weighted by molar-refractivity contribution is 5.94. The minimum absolute atomic E-state index is 0.170. The van der Waals surface area contributed by atoms with Crippen molar-refractivity contribution in [3.63, 3.8) is 0 Å². The first-order chi connectivity index (χ1) is 8.04. The summed E-state index contributed by atoms with van der Waals surface area (Å²) in [6, 6.07) is 5.47. The predicted molar refractivity (Wildman–Crippen MR) is 59.9 cm³/mol. The molecule has 0 aliphatic carbocycles. The van der Waals surface area contributed by atoms with Crippen molar-refractivity contribution in [2.24, 2.45) is 5.73 Å². The van der Waals surface area contributed by atoms with Gasteiger partial charge >= 0.3 is 0 Å². The normalized spacial score (nSPS) is 11.3. The molecular weight excluding hydrogens is 225 g/mol. The highest BCUT2D eigenvalue weighted by Gasteiger charge is 2.13. The molecule has 17 heavy (non-hydrogen) atoms. The molecule has 1 amide bonds. The zero-order valence-electron chi connectivity index (χ0n) is 9.48. The number of carbonyl (C=O) groups excluding carboxylic acids is 1. The molecule has 0 radical (unpaired) electrons. The van der Waals surface area contributed by atoms with Crippen molar-refractivity contribution in [1.82, 2.24) is 4.90 Å². The Morgan fingerprint density at radius 3 is 2.88 bits per heavy atom. The van der Waals surface area contributed by atoms with Gasteiger partial charge in [0.25, 0.3) is 11.7 Å². The largest absolute Gasteiger partial charge is 0.357 e. The zero-order valence-corrected chi connectivity index (χ0v) is 9.48. The lowest BCUT2D eigenvalue weighted by atomic mass is 10.2. The SMILES string of the molecule is CN(CCC(N)=[NH+]O)C(=O)c1cccc(F)c1. The number of nitrogens with one attached hydrogen (secondary N) is 1. The number of nitrogens with zero attached hydrogens (tertiary/aromatic N) is 1. The van der Waals surface area contributed by atoms with Crippen molar-refractivity contribution >= 4 is 11.7 Å². The Kier molecular flexibility index (Phi) is 4.45. The molecule has 1 aromatic carbocycles. The van der Waals surface area contributed by atoms with E-state index in [1.54, 1.807) is 18.3 Å². The Bertz CT molecular complexity index is 434. The number of rotatable bonds is 4. The topological polar surface area (TPSA) is 80.5 Å². The second-order valence-electron chi connectivity index (χ2n) is 3.62. The summed E-state index contributed by atoms with van der Waals surface area (Å²) in [5.74, 6) is -0.577. The Morgan fingerprint density at radius 2 is 2.29 bits per heavy atom. The lowest BCUT2D eigenvalue weighted by Crippen LogP contribution is -2.71. The van der Waals surface area contributed by atoms with Crippen LogP contribution in [0.2, 0.25) is 0 Å². The first-order valence-corrected chi connectivity index (χ1v) is 5.07. The van der Waals surface area contributed by atoms with E-state index >= 15 is 0 Å².